The summed E-state index contributed by atoms with van der Waals surface area (Å²) in [6, 6.07) is 4.75. The lowest BCUT2D eigenvalue weighted by Crippen LogP contribution is -2.42. The SMILES string of the molecule is CC(=O)NCC1CCCN(C(=O)/C=C/c2ccc(-n3cc(Br)cn3)c(F)c2)C1. The van der Waals surface area contributed by atoms with Crippen molar-refractivity contribution >= 4 is 33.8 Å². The van der Waals surface area contributed by atoms with Gasteiger partial charge in [-0.05, 0) is 58.5 Å². The molecule has 6 nitrogen and oxygen atoms in total. The average Bonchev–Trinajstić information content (AvgIpc) is 3.10. The van der Waals surface area contributed by atoms with E-state index in [1.165, 1.54) is 23.7 Å². The predicted molar refractivity (Wildman–Crippen MR) is 108 cm³/mol. The molecule has 8 heteroatoms. The zero-order valence-electron chi connectivity index (χ0n) is 15.6. The van der Waals surface area contributed by atoms with Crippen LogP contribution >= 0.6 is 15.9 Å². The van der Waals surface area contributed by atoms with Gasteiger partial charge in [-0.15, -0.1) is 0 Å². The van der Waals surface area contributed by atoms with Gasteiger partial charge >= 0.3 is 0 Å². The lowest BCUT2D eigenvalue weighted by Gasteiger charge is -2.32. The molecule has 28 heavy (non-hydrogen) atoms. The maximum absolute atomic E-state index is 14.4. The van der Waals surface area contributed by atoms with Gasteiger partial charge in [0.1, 0.15) is 11.5 Å². The zero-order valence-corrected chi connectivity index (χ0v) is 17.2. The predicted octanol–water partition coefficient (Wildman–Crippen LogP) is 3.16. The van der Waals surface area contributed by atoms with Gasteiger partial charge < -0.3 is 10.2 Å². The van der Waals surface area contributed by atoms with Crippen molar-refractivity contribution in [2.45, 2.75) is 19.8 Å². The second kappa shape index (κ2) is 9.14. The second-order valence-electron chi connectivity index (χ2n) is 6.88. The highest BCUT2D eigenvalue weighted by molar-refractivity contribution is 9.10. The molecule has 3 rings (SSSR count). The van der Waals surface area contributed by atoms with Gasteiger partial charge in [0.15, 0.2) is 0 Å². The molecular formula is C20H22BrFN4O2. The molecule has 0 radical (unpaired) electrons. The van der Waals surface area contributed by atoms with Gasteiger partial charge in [0.25, 0.3) is 0 Å². The summed E-state index contributed by atoms with van der Waals surface area (Å²) in [4.78, 5) is 25.3. The maximum atomic E-state index is 14.4. The fourth-order valence-corrected chi connectivity index (χ4v) is 3.52. The summed E-state index contributed by atoms with van der Waals surface area (Å²) in [5.74, 6) is -0.317. The van der Waals surface area contributed by atoms with Gasteiger partial charge in [-0.25, -0.2) is 9.07 Å². The Balaban J connectivity index is 1.62. The fourth-order valence-electron chi connectivity index (χ4n) is 3.24. The number of rotatable bonds is 5. The first-order valence-corrected chi connectivity index (χ1v) is 9.93. The number of benzene rings is 1. The van der Waals surface area contributed by atoms with Crippen LogP contribution in [-0.2, 0) is 9.59 Å². The van der Waals surface area contributed by atoms with Crippen LogP contribution in [-0.4, -0.2) is 46.1 Å². The first kappa shape index (κ1) is 20.3. The van der Waals surface area contributed by atoms with E-state index in [1.807, 2.05) is 0 Å². The van der Waals surface area contributed by atoms with Gasteiger partial charge in [-0.1, -0.05) is 6.07 Å². The van der Waals surface area contributed by atoms with E-state index < -0.39 is 5.82 Å². The first-order chi connectivity index (χ1) is 13.4. The minimum Gasteiger partial charge on any atom is -0.356 e. The van der Waals surface area contributed by atoms with Gasteiger partial charge in [0.2, 0.25) is 11.8 Å². The third-order valence-corrected chi connectivity index (χ3v) is 5.07. The summed E-state index contributed by atoms with van der Waals surface area (Å²) in [5.41, 5.74) is 0.943. The van der Waals surface area contributed by atoms with Gasteiger partial charge in [-0.2, -0.15) is 5.10 Å². The van der Waals surface area contributed by atoms with E-state index in [2.05, 4.69) is 26.3 Å². The molecule has 1 aromatic carbocycles. The molecule has 0 aliphatic carbocycles. The zero-order chi connectivity index (χ0) is 20.1. The smallest absolute Gasteiger partial charge is 0.246 e. The third kappa shape index (κ3) is 5.28. The van der Waals surface area contributed by atoms with Crippen LogP contribution in [0.5, 0.6) is 0 Å². The van der Waals surface area contributed by atoms with E-state index in [-0.39, 0.29) is 17.7 Å². The Morgan fingerprint density at radius 2 is 2.25 bits per heavy atom. The molecule has 1 unspecified atom stereocenters. The van der Waals surface area contributed by atoms with Crippen LogP contribution in [0, 0.1) is 11.7 Å². The monoisotopic (exact) mass is 448 g/mol. The standard InChI is InChI=1S/C20H22BrFN4O2/c1-14(27)23-10-16-3-2-8-25(12-16)20(28)7-5-15-4-6-19(18(22)9-15)26-13-17(21)11-24-26/h4-7,9,11,13,16H,2-3,8,10,12H2,1H3,(H,23,27)/b7-5+. The number of amides is 2. The normalized spacial score (nSPS) is 17.1. The van der Waals surface area contributed by atoms with Crippen LogP contribution in [0.1, 0.15) is 25.3 Å². The summed E-state index contributed by atoms with van der Waals surface area (Å²) in [6.07, 6.45) is 8.25. The minimum atomic E-state index is -0.418. The van der Waals surface area contributed by atoms with Gasteiger partial charge in [0, 0.05) is 38.8 Å². The van der Waals surface area contributed by atoms with Crippen molar-refractivity contribution in [2.75, 3.05) is 19.6 Å². The Morgan fingerprint density at radius 3 is 2.93 bits per heavy atom. The highest BCUT2D eigenvalue weighted by atomic mass is 79.9. The van der Waals surface area contributed by atoms with E-state index in [1.54, 1.807) is 35.5 Å². The van der Waals surface area contributed by atoms with Crippen molar-refractivity contribution in [3.05, 3.63) is 52.5 Å². The lowest BCUT2D eigenvalue weighted by molar-refractivity contribution is -0.127. The van der Waals surface area contributed by atoms with Gasteiger partial charge in [-0.3, -0.25) is 9.59 Å². The molecule has 2 aromatic rings. The molecule has 1 saturated heterocycles. The Morgan fingerprint density at radius 1 is 1.43 bits per heavy atom. The number of hydrogen-bond acceptors (Lipinski definition) is 3. The van der Waals surface area contributed by atoms with E-state index in [4.69, 9.17) is 0 Å². The van der Waals surface area contributed by atoms with Crippen molar-refractivity contribution in [3.63, 3.8) is 0 Å². The highest BCUT2D eigenvalue weighted by Crippen LogP contribution is 2.19. The summed E-state index contributed by atoms with van der Waals surface area (Å²) in [6.45, 7) is 3.38. The molecule has 1 fully saturated rings. The summed E-state index contributed by atoms with van der Waals surface area (Å²) >= 11 is 3.29. The van der Waals surface area contributed by atoms with Crippen LogP contribution in [0.15, 0.2) is 41.1 Å². The highest BCUT2D eigenvalue weighted by Gasteiger charge is 2.22. The number of piperidine rings is 1. The van der Waals surface area contributed by atoms with E-state index in [0.717, 1.165) is 17.3 Å². The molecular weight excluding hydrogens is 427 g/mol. The first-order valence-electron chi connectivity index (χ1n) is 9.14. The fraction of sp³-hybridized carbons (Fsp3) is 0.350. The molecule has 1 atom stereocenters. The number of nitrogens with zero attached hydrogens (tertiary/aromatic N) is 3. The molecule has 0 spiro atoms. The van der Waals surface area contributed by atoms with Crippen molar-refractivity contribution in [2.24, 2.45) is 5.92 Å². The number of carbonyl (C=O) groups is 2. The quantitative estimate of drug-likeness (QED) is 0.714. The second-order valence-corrected chi connectivity index (χ2v) is 7.79. The lowest BCUT2D eigenvalue weighted by atomic mass is 9.98. The van der Waals surface area contributed by atoms with Crippen molar-refractivity contribution in [3.8, 4) is 5.69 Å². The van der Waals surface area contributed by atoms with Gasteiger partial charge in [0.05, 0.1) is 10.7 Å². The number of aromatic nitrogens is 2. The summed E-state index contributed by atoms with van der Waals surface area (Å²) in [5, 5.41) is 6.88. The van der Waals surface area contributed by atoms with Crippen LogP contribution in [0.3, 0.4) is 0 Å². The molecule has 148 valence electrons. The van der Waals surface area contributed by atoms with Crippen molar-refractivity contribution in [1.82, 2.24) is 20.0 Å². The molecule has 0 bridgehead atoms. The Bertz CT molecular complexity index is 896. The molecule has 1 aromatic heterocycles. The van der Waals surface area contributed by atoms with E-state index in [0.29, 0.717) is 30.9 Å². The Kier molecular flexibility index (Phi) is 6.61. The number of nitrogens with one attached hydrogen (secondary N) is 1. The molecule has 1 aliphatic heterocycles. The maximum Gasteiger partial charge on any atom is 0.246 e. The molecule has 1 N–H and O–H groups in total. The van der Waals surface area contributed by atoms with E-state index >= 15 is 0 Å². The number of likely N-dealkylation sites (tertiary alicyclic amines) is 1. The van der Waals surface area contributed by atoms with Crippen LogP contribution in [0.2, 0.25) is 0 Å². The molecule has 0 saturated carbocycles. The van der Waals surface area contributed by atoms with Crippen LogP contribution < -0.4 is 5.32 Å². The molecule has 2 amide bonds. The topological polar surface area (TPSA) is 67.2 Å². The third-order valence-electron chi connectivity index (χ3n) is 4.66. The Labute approximate surface area is 171 Å². The Hall–Kier alpha value is -2.48. The summed E-state index contributed by atoms with van der Waals surface area (Å²) < 4.78 is 16.6. The number of hydrogen-bond donors (Lipinski definition) is 1. The largest absolute Gasteiger partial charge is 0.356 e. The van der Waals surface area contributed by atoms with Crippen molar-refractivity contribution in [1.29, 1.82) is 0 Å². The molecule has 2 heterocycles. The minimum absolute atomic E-state index is 0.0590. The number of halogens is 2. The number of carbonyl (C=O) groups excluding carboxylic acids is 2. The van der Waals surface area contributed by atoms with E-state index in [9.17, 15) is 14.0 Å². The molecule has 1 aliphatic rings. The van der Waals surface area contributed by atoms with Crippen LogP contribution in [0.25, 0.3) is 11.8 Å². The van der Waals surface area contributed by atoms with Crippen molar-refractivity contribution < 1.29 is 14.0 Å². The van der Waals surface area contributed by atoms with Crippen LogP contribution in [0.4, 0.5) is 4.39 Å². The average molecular weight is 449 g/mol. The summed E-state index contributed by atoms with van der Waals surface area (Å²) in [7, 11) is 0.